The van der Waals surface area contributed by atoms with Crippen molar-refractivity contribution in [2.45, 2.75) is 37.0 Å². The Morgan fingerprint density at radius 1 is 0.892 bits per heavy atom. The van der Waals surface area contributed by atoms with E-state index in [9.17, 15) is 34.5 Å². The number of nitrogens with one attached hydrogen (secondary N) is 5. The Labute approximate surface area is 210 Å². The second kappa shape index (κ2) is 12.6. The summed E-state index contributed by atoms with van der Waals surface area (Å²) < 4.78 is 0. The average Bonchev–Trinajstić information content (AvgIpc) is 3.55. The largest absolute Gasteiger partial charge is 0.480 e. The minimum Gasteiger partial charge on any atom is -0.480 e. The molecule has 0 saturated heterocycles. The maximum atomic E-state index is 13.1. The number of rotatable bonds is 13. The molecule has 0 aliphatic heterocycles. The molecule has 3 rings (SSSR count). The number of aliphatic hydroxyl groups is 2. The van der Waals surface area contributed by atoms with Gasteiger partial charge < -0.3 is 47.0 Å². The maximum absolute atomic E-state index is 13.1. The van der Waals surface area contributed by atoms with Gasteiger partial charge in [0.05, 0.1) is 19.5 Å². The van der Waals surface area contributed by atoms with Crippen molar-refractivity contribution >= 4 is 34.6 Å². The topological polar surface area (TPSA) is 236 Å². The number of amides is 3. The maximum Gasteiger partial charge on any atom is 0.326 e. The van der Waals surface area contributed by atoms with Crippen molar-refractivity contribution in [2.75, 3.05) is 13.2 Å². The number of hydrogen-bond acceptors (Lipinski definition) is 8. The molecular weight excluding hydrogens is 486 g/mol. The van der Waals surface area contributed by atoms with Crippen molar-refractivity contribution in [3.63, 3.8) is 0 Å². The third kappa shape index (κ3) is 7.13. The number of hydrogen-bond donors (Lipinski definition) is 9. The summed E-state index contributed by atoms with van der Waals surface area (Å²) in [6.45, 7) is -1.49. The van der Waals surface area contributed by atoms with Gasteiger partial charge in [0.1, 0.15) is 24.2 Å². The third-order valence-electron chi connectivity index (χ3n) is 5.67. The Kier molecular flexibility index (Phi) is 9.32. The molecule has 198 valence electrons. The molecule has 14 heteroatoms. The molecule has 14 nitrogen and oxygen atoms in total. The fourth-order valence-corrected chi connectivity index (χ4v) is 3.65. The lowest BCUT2D eigenvalue weighted by Crippen LogP contribution is -2.59. The Morgan fingerprint density at radius 2 is 1.57 bits per heavy atom. The van der Waals surface area contributed by atoms with Crippen LogP contribution in [-0.2, 0) is 32.0 Å². The van der Waals surface area contributed by atoms with Crippen LogP contribution in [0.25, 0.3) is 10.9 Å². The van der Waals surface area contributed by atoms with Crippen LogP contribution in [0.2, 0.25) is 0 Å². The van der Waals surface area contributed by atoms with Gasteiger partial charge in [0.15, 0.2) is 0 Å². The van der Waals surface area contributed by atoms with Gasteiger partial charge in [-0.2, -0.15) is 0 Å². The van der Waals surface area contributed by atoms with E-state index in [-0.39, 0.29) is 12.8 Å². The summed E-state index contributed by atoms with van der Waals surface area (Å²) in [6.07, 6.45) is 4.33. The van der Waals surface area contributed by atoms with Gasteiger partial charge in [0.25, 0.3) is 0 Å². The molecule has 2 aromatic heterocycles. The number of imidazole rings is 1. The summed E-state index contributed by atoms with van der Waals surface area (Å²) >= 11 is 0. The molecule has 10 N–H and O–H groups in total. The second-order valence-electron chi connectivity index (χ2n) is 8.34. The Morgan fingerprint density at radius 3 is 2.22 bits per heavy atom. The predicted molar refractivity (Wildman–Crippen MR) is 130 cm³/mol. The molecule has 0 bridgehead atoms. The number of nitrogens with zero attached hydrogens (tertiary/aromatic N) is 1. The first-order valence-corrected chi connectivity index (χ1v) is 11.4. The Balaban J connectivity index is 1.74. The van der Waals surface area contributed by atoms with Crippen LogP contribution in [0.5, 0.6) is 0 Å². The van der Waals surface area contributed by atoms with E-state index in [2.05, 4.69) is 30.9 Å². The van der Waals surface area contributed by atoms with Gasteiger partial charge in [-0.1, -0.05) is 18.2 Å². The molecule has 3 amide bonds. The number of nitrogens with two attached hydrogens (primary N) is 1. The zero-order valence-electron chi connectivity index (χ0n) is 19.7. The first-order valence-electron chi connectivity index (χ1n) is 11.4. The highest BCUT2D eigenvalue weighted by Gasteiger charge is 2.30. The van der Waals surface area contributed by atoms with Crippen molar-refractivity contribution in [3.05, 3.63) is 54.2 Å². The molecule has 1 aromatic carbocycles. The number of para-hydroxylation sites is 1. The second-order valence-corrected chi connectivity index (χ2v) is 8.34. The van der Waals surface area contributed by atoms with E-state index in [1.54, 1.807) is 6.20 Å². The standard InChI is InChI=1S/C23H29N7O7/c24-15(9-31)20(33)28-17(5-12-7-26-16-4-2-1-3-14(12)16)21(34)30-19(10-32)22(35)29-18(23(36)37)6-13-8-25-11-27-13/h1-4,7-8,11,15,17-19,26,31-32H,5-6,9-10,24H2,(H,25,27)(H,28,33)(H,29,35)(H,30,34)(H,36,37). The number of H-pyrrole nitrogens is 2. The van der Waals surface area contributed by atoms with Crippen molar-refractivity contribution in [1.29, 1.82) is 0 Å². The number of aliphatic hydroxyl groups excluding tert-OH is 2. The summed E-state index contributed by atoms with van der Waals surface area (Å²) in [6, 6.07) is 1.92. The molecule has 4 atom stereocenters. The first-order chi connectivity index (χ1) is 17.7. The molecule has 0 aliphatic carbocycles. The normalized spacial score (nSPS) is 14.4. The van der Waals surface area contributed by atoms with E-state index in [1.165, 1.54) is 12.5 Å². The quantitative estimate of drug-likeness (QED) is 0.117. The number of benzene rings is 1. The number of carbonyl (C=O) groups excluding carboxylic acids is 3. The van der Waals surface area contributed by atoms with E-state index in [4.69, 9.17) is 5.73 Å². The van der Waals surface area contributed by atoms with Gasteiger partial charge in [0.2, 0.25) is 17.7 Å². The number of aromatic nitrogens is 3. The molecule has 0 spiro atoms. The van der Waals surface area contributed by atoms with Crippen molar-refractivity contribution in [1.82, 2.24) is 30.9 Å². The van der Waals surface area contributed by atoms with Crippen LogP contribution < -0.4 is 21.7 Å². The van der Waals surface area contributed by atoms with E-state index >= 15 is 0 Å². The van der Waals surface area contributed by atoms with Crippen molar-refractivity contribution < 1.29 is 34.5 Å². The smallest absolute Gasteiger partial charge is 0.326 e. The third-order valence-corrected chi connectivity index (χ3v) is 5.67. The minimum atomic E-state index is -1.51. The number of fused-ring (bicyclic) bond motifs is 1. The van der Waals surface area contributed by atoms with E-state index < -0.39 is 61.1 Å². The predicted octanol–water partition coefficient (Wildman–Crippen LogP) is -2.47. The van der Waals surface area contributed by atoms with Crippen LogP contribution in [0, 0.1) is 0 Å². The molecule has 2 heterocycles. The lowest BCUT2D eigenvalue weighted by Gasteiger charge is -2.24. The SMILES string of the molecule is NC(CO)C(=O)NC(Cc1c[nH]c2ccccc12)C(=O)NC(CO)C(=O)NC(Cc1cnc[nH]1)C(=O)O. The van der Waals surface area contributed by atoms with Crippen LogP contribution in [0.1, 0.15) is 11.3 Å². The van der Waals surface area contributed by atoms with Gasteiger partial charge in [-0.15, -0.1) is 0 Å². The van der Waals surface area contributed by atoms with Crippen molar-refractivity contribution in [3.8, 4) is 0 Å². The Bertz CT molecular complexity index is 1230. The number of carbonyl (C=O) groups is 4. The lowest BCUT2D eigenvalue weighted by molar-refractivity contribution is -0.142. The number of carboxylic acid groups (broad SMARTS) is 1. The van der Waals surface area contributed by atoms with Crippen LogP contribution in [0.3, 0.4) is 0 Å². The average molecular weight is 516 g/mol. The fraction of sp³-hybridized carbons (Fsp3) is 0.348. The number of aliphatic carboxylic acids is 1. The zero-order chi connectivity index (χ0) is 26.9. The highest BCUT2D eigenvalue weighted by Crippen LogP contribution is 2.19. The summed E-state index contributed by atoms with van der Waals surface area (Å²) in [5.41, 5.74) is 7.52. The highest BCUT2D eigenvalue weighted by molar-refractivity contribution is 5.95. The summed E-state index contributed by atoms with van der Waals surface area (Å²) in [7, 11) is 0. The lowest BCUT2D eigenvalue weighted by atomic mass is 10.0. The number of carboxylic acids is 1. The number of aromatic amines is 2. The van der Waals surface area contributed by atoms with Crippen LogP contribution in [-0.4, -0.2) is 91.3 Å². The van der Waals surface area contributed by atoms with Crippen LogP contribution in [0.4, 0.5) is 0 Å². The summed E-state index contributed by atoms with van der Waals surface area (Å²) in [5, 5.41) is 36.3. The molecule has 37 heavy (non-hydrogen) atoms. The van der Waals surface area contributed by atoms with Gasteiger partial charge in [-0.05, 0) is 11.6 Å². The zero-order valence-corrected chi connectivity index (χ0v) is 19.7. The fourth-order valence-electron chi connectivity index (χ4n) is 3.65. The minimum absolute atomic E-state index is 0.00290. The first kappa shape index (κ1) is 27.3. The molecule has 4 unspecified atom stereocenters. The van der Waals surface area contributed by atoms with E-state index in [0.29, 0.717) is 11.3 Å². The van der Waals surface area contributed by atoms with Gasteiger partial charge in [0, 0.05) is 41.8 Å². The van der Waals surface area contributed by atoms with Crippen LogP contribution in [0.15, 0.2) is 43.0 Å². The van der Waals surface area contributed by atoms with E-state index in [1.807, 2.05) is 24.3 Å². The van der Waals surface area contributed by atoms with Gasteiger partial charge in [-0.25, -0.2) is 9.78 Å². The van der Waals surface area contributed by atoms with Crippen molar-refractivity contribution in [2.24, 2.45) is 5.73 Å². The highest BCUT2D eigenvalue weighted by atomic mass is 16.4. The summed E-state index contributed by atoms with van der Waals surface area (Å²) in [5.74, 6) is -3.88. The molecule has 3 aromatic rings. The van der Waals surface area contributed by atoms with E-state index in [0.717, 1.165) is 10.9 Å². The molecule has 0 fully saturated rings. The van der Waals surface area contributed by atoms with Gasteiger partial charge in [-0.3, -0.25) is 14.4 Å². The molecule has 0 radical (unpaired) electrons. The van der Waals surface area contributed by atoms with Gasteiger partial charge >= 0.3 is 5.97 Å². The molecule has 0 saturated carbocycles. The van der Waals surface area contributed by atoms with Crippen LogP contribution >= 0.6 is 0 Å². The Hall–Kier alpha value is -4.27. The molecular formula is C23H29N7O7. The monoisotopic (exact) mass is 515 g/mol. The summed E-state index contributed by atoms with van der Waals surface area (Å²) in [4.78, 5) is 59.4. The molecule has 0 aliphatic rings.